The van der Waals surface area contributed by atoms with E-state index in [0.717, 1.165) is 21.9 Å². The Kier molecular flexibility index (Phi) is 4.50. The SMILES string of the molecule is C[C@@H]1CN2C(=N[C@@H](c3ccccn3)[C@H]2c2ccc(N(C)C)c(Br)c2)S1. The number of hydrogen-bond donors (Lipinski definition) is 0. The van der Waals surface area contributed by atoms with Crippen molar-refractivity contribution in [2.24, 2.45) is 4.99 Å². The first-order valence-corrected chi connectivity index (χ1v) is 10.1. The summed E-state index contributed by atoms with van der Waals surface area (Å²) in [4.78, 5) is 14.2. The van der Waals surface area contributed by atoms with Crippen LogP contribution in [0.3, 0.4) is 0 Å². The first kappa shape index (κ1) is 16.9. The highest BCUT2D eigenvalue weighted by Crippen LogP contribution is 2.48. The molecule has 6 heteroatoms. The van der Waals surface area contributed by atoms with Crippen molar-refractivity contribution in [3.05, 3.63) is 58.3 Å². The maximum Gasteiger partial charge on any atom is 0.160 e. The summed E-state index contributed by atoms with van der Waals surface area (Å²) in [5.74, 6) is 0. The van der Waals surface area contributed by atoms with Gasteiger partial charge < -0.3 is 9.80 Å². The lowest BCUT2D eigenvalue weighted by Crippen LogP contribution is -2.28. The van der Waals surface area contributed by atoms with Crippen LogP contribution in [0, 0.1) is 0 Å². The number of fused-ring (bicyclic) bond motifs is 1. The number of amidine groups is 1. The maximum absolute atomic E-state index is 5.03. The van der Waals surface area contributed by atoms with Gasteiger partial charge in [-0.15, -0.1) is 0 Å². The minimum absolute atomic E-state index is 0.0494. The molecule has 0 unspecified atom stereocenters. The zero-order valence-corrected chi connectivity index (χ0v) is 17.0. The van der Waals surface area contributed by atoms with Crippen LogP contribution in [0.25, 0.3) is 0 Å². The fourth-order valence-electron chi connectivity index (χ4n) is 3.55. The van der Waals surface area contributed by atoms with E-state index in [1.807, 2.05) is 30.1 Å². The molecule has 1 aromatic carbocycles. The Hall–Kier alpha value is -1.53. The molecule has 2 aromatic rings. The number of hydrogen-bond acceptors (Lipinski definition) is 5. The lowest BCUT2D eigenvalue weighted by atomic mass is 9.96. The largest absolute Gasteiger partial charge is 0.377 e. The molecule has 0 radical (unpaired) electrons. The summed E-state index contributed by atoms with van der Waals surface area (Å²) in [6.07, 6.45) is 1.86. The standard InChI is InChI=1S/C19H21BrN4S/c1-12-11-24-18(13-7-8-16(23(2)3)14(20)10-13)17(22-19(24)25-12)15-6-4-5-9-21-15/h4-10,12,17-18H,11H2,1-3H3/t12-,17+,18-/m1/s1. The molecule has 0 spiro atoms. The third kappa shape index (κ3) is 3.06. The molecule has 0 aliphatic carbocycles. The van der Waals surface area contributed by atoms with E-state index in [4.69, 9.17) is 4.99 Å². The van der Waals surface area contributed by atoms with Gasteiger partial charge >= 0.3 is 0 Å². The lowest BCUT2D eigenvalue weighted by molar-refractivity contribution is 0.321. The highest BCUT2D eigenvalue weighted by molar-refractivity contribution is 9.10. The van der Waals surface area contributed by atoms with Crippen LogP contribution in [0.5, 0.6) is 0 Å². The normalized spacial score (nSPS) is 25.0. The van der Waals surface area contributed by atoms with Crippen LogP contribution in [0.4, 0.5) is 5.69 Å². The summed E-state index contributed by atoms with van der Waals surface area (Å²) in [6.45, 7) is 3.30. The fourth-order valence-corrected chi connectivity index (χ4v) is 5.39. The molecule has 1 aromatic heterocycles. The number of benzene rings is 1. The molecule has 1 fully saturated rings. The van der Waals surface area contributed by atoms with Crippen LogP contribution >= 0.6 is 27.7 Å². The summed E-state index contributed by atoms with van der Waals surface area (Å²) < 4.78 is 1.11. The van der Waals surface area contributed by atoms with Crippen molar-refractivity contribution in [1.82, 2.24) is 9.88 Å². The van der Waals surface area contributed by atoms with E-state index in [1.165, 1.54) is 11.3 Å². The molecule has 0 N–H and O–H groups in total. The van der Waals surface area contributed by atoms with E-state index >= 15 is 0 Å². The molecule has 130 valence electrons. The summed E-state index contributed by atoms with van der Waals surface area (Å²) in [5.41, 5.74) is 3.50. The van der Waals surface area contributed by atoms with Gasteiger partial charge in [0, 0.05) is 36.6 Å². The Bertz CT molecular complexity index is 808. The average molecular weight is 417 g/mol. The zero-order chi connectivity index (χ0) is 17.6. The monoisotopic (exact) mass is 416 g/mol. The molecule has 25 heavy (non-hydrogen) atoms. The molecule has 4 nitrogen and oxygen atoms in total. The number of rotatable bonds is 3. The minimum atomic E-state index is 0.0494. The molecule has 0 bridgehead atoms. The molecule has 3 heterocycles. The maximum atomic E-state index is 5.03. The lowest BCUT2D eigenvalue weighted by Gasteiger charge is -2.28. The molecular weight excluding hydrogens is 396 g/mol. The molecule has 3 atom stereocenters. The second-order valence-electron chi connectivity index (χ2n) is 6.74. The number of thioether (sulfide) groups is 1. The highest BCUT2D eigenvalue weighted by Gasteiger charge is 2.43. The van der Waals surface area contributed by atoms with Crippen LogP contribution in [0.2, 0.25) is 0 Å². The van der Waals surface area contributed by atoms with Crippen molar-refractivity contribution in [3.63, 3.8) is 0 Å². The second-order valence-corrected chi connectivity index (χ2v) is 9.00. The second kappa shape index (κ2) is 6.65. The third-order valence-electron chi connectivity index (χ3n) is 4.68. The van der Waals surface area contributed by atoms with Crippen molar-refractivity contribution < 1.29 is 0 Å². The van der Waals surface area contributed by atoms with Gasteiger partial charge in [0.05, 0.1) is 17.4 Å². The summed E-state index contributed by atoms with van der Waals surface area (Å²) in [5, 5.41) is 1.73. The highest BCUT2D eigenvalue weighted by atomic mass is 79.9. The van der Waals surface area contributed by atoms with Gasteiger partial charge in [-0.25, -0.2) is 0 Å². The Morgan fingerprint density at radius 3 is 2.76 bits per heavy atom. The van der Waals surface area contributed by atoms with Crippen LogP contribution in [-0.4, -0.2) is 40.9 Å². The Morgan fingerprint density at radius 2 is 2.08 bits per heavy atom. The van der Waals surface area contributed by atoms with Crippen molar-refractivity contribution in [1.29, 1.82) is 0 Å². The van der Waals surface area contributed by atoms with Crippen molar-refractivity contribution in [3.8, 4) is 0 Å². The number of nitrogens with zero attached hydrogens (tertiary/aromatic N) is 4. The predicted octanol–water partition coefficient (Wildman–Crippen LogP) is 4.50. The van der Waals surface area contributed by atoms with Crippen LogP contribution in [0.1, 0.15) is 30.3 Å². The van der Waals surface area contributed by atoms with E-state index in [-0.39, 0.29) is 12.1 Å². The fraction of sp³-hybridized carbons (Fsp3) is 0.368. The summed E-state index contributed by atoms with van der Waals surface area (Å²) in [7, 11) is 4.12. The molecular formula is C19H21BrN4S. The van der Waals surface area contributed by atoms with Gasteiger partial charge in [0.15, 0.2) is 5.17 Å². The van der Waals surface area contributed by atoms with Gasteiger partial charge in [0.25, 0.3) is 0 Å². The first-order valence-electron chi connectivity index (χ1n) is 8.43. The van der Waals surface area contributed by atoms with Crippen LogP contribution in [0.15, 0.2) is 52.1 Å². The minimum Gasteiger partial charge on any atom is -0.377 e. The van der Waals surface area contributed by atoms with Gasteiger partial charge in [0.2, 0.25) is 0 Å². The smallest absolute Gasteiger partial charge is 0.160 e. The molecule has 0 amide bonds. The quantitative estimate of drug-likeness (QED) is 0.736. The summed E-state index contributed by atoms with van der Waals surface area (Å²) in [6, 6.07) is 13.0. The Morgan fingerprint density at radius 1 is 1.24 bits per heavy atom. The van der Waals surface area contributed by atoms with Gasteiger partial charge in [-0.3, -0.25) is 9.98 Å². The number of aromatic nitrogens is 1. The van der Waals surface area contributed by atoms with Gasteiger partial charge in [0.1, 0.15) is 6.04 Å². The first-order chi connectivity index (χ1) is 12.0. The van der Waals surface area contributed by atoms with E-state index in [1.54, 1.807) is 0 Å². The van der Waals surface area contributed by atoms with Crippen LogP contribution < -0.4 is 4.90 Å². The topological polar surface area (TPSA) is 31.7 Å². The third-order valence-corrected chi connectivity index (χ3v) is 6.41. The number of halogens is 1. The zero-order valence-electron chi connectivity index (χ0n) is 14.6. The van der Waals surface area contributed by atoms with Crippen LogP contribution in [-0.2, 0) is 0 Å². The van der Waals surface area contributed by atoms with Gasteiger partial charge in [-0.2, -0.15) is 0 Å². The van der Waals surface area contributed by atoms with Gasteiger partial charge in [-0.05, 0) is 45.8 Å². The molecule has 2 aliphatic heterocycles. The number of anilines is 1. The van der Waals surface area contributed by atoms with Gasteiger partial charge in [-0.1, -0.05) is 30.8 Å². The van der Waals surface area contributed by atoms with Crippen molar-refractivity contribution in [2.45, 2.75) is 24.3 Å². The van der Waals surface area contributed by atoms with E-state index < -0.39 is 0 Å². The van der Waals surface area contributed by atoms with E-state index in [0.29, 0.717) is 5.25 Å². The Labute approximate surface area is 161 Å². The molecule has 0 saturated carbocycles. The molecule has 4 rings (SSSR count). The van der Waals surface area contributed by atoms with Crippen molar-refractivity contribution >= 4 is 38.5 Å². The number of pyridine rings is 1. The molecule has 2 aliphatic rings. The average Bonchev–Trinajstić information content (AvgIpc) is 3.11. The van der Waals surface area contributed by atoms with E-state index in [9.17, 15) is 0 Å². The van der Waals surface area contributed by atoms with Crippen molar-refractivity contribution in [2.75, 3.05) is 25.5 Å². The predicted molar refractivity (Wildman–Crippen MR) is 109 cm³/mol. The summed E-state index contributed by atoms with van der Waals surface area (Å²) >= 11 is 5.61. The number of aliphatic imine (C=N–C) groups is 1. The Balaban J connectivity index is 1.76. The van der Waals surface area contributed by atoms with E-state index in [2.05, 4.69) is 76.0 Å². The molecule has 1 saturated heterocycles.